The summed E-state index contributed by atoms with van der Waals surface area (Å²) in [5.74, 6) is 0. The summed E-state index contributed by atoms with van der Waals surface area (Å²) in [6.07, 6.45) is 0. The van der Waals surface area contributed by atoms with Crippen LogP contribution in [-0.2, 0) is 5.41 Å². The van der Waals surface area contributed by atoms with Crippen molar-refractivity contribution in [1.29, 1.82) is 0 Å². The second-order valence-corrected chi connectivity index (χ2v) is 13.9. The maximum atomic E-state index is 3.82. The lowest BCUT2D eigenvalue weighted by atomic mass is 9.67. The van der Waals surface area contributed by atoms with Gasteiger partial charge in [-0.05, 0) is 98.1 Å². The Balaban J connectivity index is 1.67. The average molecular weight is 786 g/mol. The van der Waals surface area contributed by atoms with Crippen LogP contribution < -0.4 is 0 Å². The first-order valence-electron chi connectivity index (χ1n) is 13.3. The molecule has 0 saturated carbocycles. The van der Waals surface area contributed by atoms with Crippen LogP contribution >= 0.6 is 63.7 Å². The van der Waals surface area contributed by atoms with Crippen molar-refractivity contribution in [3.8, 4) is 33.4 Å². The summed E-state index contributed by atoms with van der Waals surface area (Å²) < 4.78 is 4.12. The number of fused-ring (bicyclic) bond motifs is 3. The van der Waals surface area contributed by atoms with Crippen LogP contribution in [0.3, 0.4) is 0 Å². The van der Waals surface area contributed by atoms with E-state index in [0.29, 0.717) is 0 Å². The highest BCUT2D eigenvalue weighted by atomic mass is 79.9. The number of halogens is 4. The first-order chi connectivity index (χ1) is 19.9. The van der Waals surface area contributed by atoms with E-state index in [9.17, 15) is 0 Å². The molecule has 0 saturated heterocycles. The Kier molecular flexibility index (Phi) is 7.15. The van der Waals surface area contributed by atoms with Crippen LogP contribution in [0.4, 0.5) is 0 Å². The molecule has 0 aromatic heterocycles. The van der Waals surface area contributed by atoms with E-state index in [2.05, 4.69) is 197 Å². The smallest absolute Gasteiger partial charge is 0.0622 e. The number of hydrogen-bond donors (Lipinski definition) is 0. The summed E-state index contributed by atoms with van der Waals surface area (Å²) in [5.41, 5.74) is 11.7. The Hall–Kier alpha value is -2.76. The van der Waals surface area contributed by atoms with Crippen LogP contribution in [0.5, 0.6) is 0 Å². The third kappa shape index (κ3) is 4.60. The molecule has 41 heavy (non-hydrogen) atoms. The second kappa shape index (κ2) is 10.8. The second-order valence-electron chi connectivity index (χ2n) is 10.3. The Bertz CT molecular complexity index is 1840. The lowest BCUT2D eigenvalue weighted by molar-refractivity contribution is 0.766. The Morgan fingerprint density at radius 1 is 0.366 bits per heavy atom. The molecule has 0 heterocycles. The Morgan fingerprint density at radius 2 is 0.902 bits per heavy atom. The van der Waals surface area contributed by atoms with Crippen molar-refractivity contribution in [1.82, 2.24) is 0 Å². The molecule has 0 nitrogen and oxygen atoms in total. The standard InChI is InChI=1S/C37H22Br4/c38-28-17-26(18-29(39)21-28)37(27-19-30(40)22-31(41)20-27)34-13-7-12-32(24-10-5-2-6-11-24)36(34)33-15-14-25(16-35(33)37)23-8-3-1-4-9-23/h1-22H. The van der Waals surface area contributed by atoms with Gasteiger partial charge in [-0.3, -0.25) is 0 Å². The zero-order valence-electron chi connectivity index (χ0n) is 21.7. The molecule has 0 spiro atoms. The quantitative estimate of drug-likeness (QED) is 0.167. The Labute approximate surface area is 274 Å². The fraction of sp³-hybridized carbons (Fsp3) is 0.0270. The zero-order chi connectivity index (χ0) is 28.1. The predicted octanol–water partition coefficient (Wildman–Crippen LogP) is 12.4. The van der Waals surface area contributed by atoms with E-state index in [1.54, 1.807) is 0 Å². The highest BCUT2D eigenvalue weighted by Crippen LogP contribution is 2.59. The van der Waals surface area contributed by atoms with Crippen molar-refractivity contribution in [3.63, 3.8) is 0 Å². The minimum Gasteiger partial charge on any atom is -0.0622 e. The van der Waals surface area contributed by atoms with E-state index in [1.165, 1.54) is 55.6 Å². The van der Waals surface area contributed by atoms with E-state index in [1.807, 2.05) is 0 Å². The molecule has 0 amide bonds. The minimum atomic E-state index is -0.571. The lowest BCUT2D eigenvalue weighted by Crippen LogP contribution is -2.29. The molecule has 0 N–H and O–H groups in total. The normalized spacial score (nSPS) is 13.1. The third-order valence-electron chi connectivity index (χ3n) is 7.94. The highest BCUT2D eigenvalue weighted by molar-refractivity contribution is 9.11. The van der Waals surface area contributed by atoms with Crippen molar-refractivity contribution >= 4 is 63.7 Å². The van der Waals surface area contributed by atoms with Crippen molar-refractivity contribution in [3.05, 3.63) is 174 Å². The van der Waals surface area contributed by atoms with Crippen LogP contribution in [-0.4, -0.2) is 0 Å². The van der Waals surface area contributed by atoms with E-state index >= 15 is 0 Å². The van der Waals surface area contributed by atoms with Crippen molar-refractivity contribution in [2.45, 2.75) is 5.41 Å². The van der Waals surface area contributed by atoms with E-state index in [4.69, 9.17) is 0 Å². The van der Waals surface area contributed by atoms with E-state index in [0.717, 1.165) is 17.9 Å². The molecule has 0 atom stereocenters. The monoisotopic (exact) mass is 782 g/mol. The summed E-state index contributed by atoms with van der Waals surface area (Å²) >= 11 is 15.3. The molecule has 198 valence electrons. The third-order valence-corrected chi connectivity index (χ3v) is 9.78. The molecule has 0 bridgehead atoms. The zero-order valence-corrected chi connectivity index (χ0v) is 28.1. The summed E-state index contributed by atoms with van der Waals surface area (Å²) in [4.78, 5) is 0. The molecule has 1 aliphatic rings. The summed E-state index contributed by atoms with van der Waals surface area (Å²) in [7, 11) is 0. The van der Waals surface area contributed by atoms with Crippen LogP contribution in [0.2, 0.25) is 0 Å². The molecular formula is C37H22Br4. The van der Waals surface area contributed by atoms with Gasteiger partial charge in [-0.15, -0.1) is 0 Å². The summed E-state index contributed by atoms with van der Waals surface area (Å²) in [6.45, 7) is 0. The van der Waals surface area contributed by atoms with Gasteiger partial charge in [-0.25, -0.2) is 0 Å². The summed E-state index contributed by atoms with van der Waals surface area (Å²) in [5, 5.41) is 0. The van der Waals surface area contributed by atoms with Gasteiger partial charge in [0.1, 0.15) is 0 Å². The number of rotatable bonds is 4. The first kappa shape index (κ1) is 27.1. The van der Waals surface area contributed by atoms with E-state index < -0.39 is 5.41 Å². The van der Waals surface area contributed by atoms with Gasteiger partial charge in [-0.2, -0.15) is 0 Å². The molecule has 0 radical (unpaired) electrons. The maximum Gasteiger partial charge on any atom is 0.0715 e. The van der Waals surface area contributed by atoms with Crippen molar-refractivity contribution in [2.75, 3.05) is 0 Å². The van der Waals surface area contributed by atoms with Crippen LogP contribution in [0.1, 0.15) is 22.3 Å². The molecule has 4 heteroatoms. The average Bonchev–Trinajstić information content (AvgIpc) is 3.28. The first-order valence-corrected chi connectivity index (χ1v) is 16.4. The highest BCUT2D eigenvalue weighted by Gasteiger charge is 2.47. The number of hydrogen-bond acceptors (Lipinski definition) is 0. The molecule has 0 aliphatic heterocycles. The van der Waals surface area contributed by atoms with Gasteiger partial charge < -0.3 is 0 Å². The SMILES string of the molecule is Brc1cc(Br)cc(C2(c3cc(Br)cc(Br)c3)c3cc(-c4ccccc4)ccc3-c3c(-c4ccccc4)cccc32)c1. The number of benzene rings is 6. The van der Waals surface area contributed by atoms with Crippen molar-refractivity contribution in [2.24, 2.45) is 0 Å². The maximum absolute atomic E-state index is 3.82. The molecule has 0 unspecified atom stereocenters. The topological polar surface area (TPSA) is 0 Å². The van der Waals surface area contributed by atoms with Gasteiger partial charge in [0.05, 0.1) is 5.41 Å². The van der Waals surface area contributed by atoms with Gasteiger partial charge >= 0.3 is 0 Å². The van der Waals surface area contributed by atoms with Gasteiger partial charge in [0, 0.05) is 17.9 Å². The van der Waals surface area contributed by atoms with E-state index in [-0.39, 0.29) is 0 Å². The van der Waals surface area contributed by atoms with Crippen LogP contribution in [0.25, 0.3) is 33.4 Å². The molecule has 7 rings (SSSR count). The van der Waals surface area contributed by atoms with Gasteiger partial charge in [0.2, 0.25) is 0 Å². The van der Waals surface area contributed by atoms with Gasteiger partial charge in [0.25, 0.3) is 0 Å². The van der Waals surface area contributed by atoms with Crippen LogP contribution in [0.15, 0.2) is 151 Å². The predicted molar refractivity (Wildman–Crippen MR) is 185 cm³/mol. The van der Waals surface area contributed by atoms with Crippen molar-refractivity contribution < 1.29 is 0 Å². The largest absolute Gasteiger partial charge is 0.0715 e. The molecular weight excluding hydrogens is 764 g/mol. The fourth-order valence-electron chi connectivity index (χ4n) is 6.37. The Morgan fingerprint density at radius 3 is 1.46 bits per heavy atom. The minimum absolute atomic E-state index is 0.571. The fourth-order valence-corrected chi connectivity index (χ4v) is 8.96. The molecule has 0 fully saturated rings. The molecule has 1 aliphatic carbocycles. The molecule has 6 aromatic rings. The lowest BCUT2D eigenvalue weighted by Gasteiger charge is -2.35. The summed E-state index contributed by atoms with van der Waals surface area (Å²) in [6, 6.07) is 48.4. The molecule has 6 aromatic carbocycles. The van der Waals surface area contributed by atoms with Gasteiger partial charge in [0.15, 0.2) is 0 Å². The van der Waals surface area contributed by atoms with Crippen LogP contribution in [0, 0.1) is 0 Å². The van der Waals surface area contributed by atoms with Gasteiger partial charge in [-0.1, -0.05) is 155 Å².